The number of nitrogens with zero attached hydrogens (tertiary/aromatic N) is 1. The van der Waals surface area contributed by atoms with Crippen molar-refractivity contribution in [3.8, 4) is 11.8 Å². The van der Waals surface area contributed by atoms with Crippen LogP contribution in [0.2, 0.25) is 0 Å². The Bertz CT molecular complexity index is 1030. The van der Waals surface area contributed by atoms with Crippen LogP contribution in [0.3, 0.4) is 0 Å². The molecule has 3 unspecified atom stereocenters. The van der Waals surface area contributed by atoms with Crippen LogP contribution in [-0.4, -0.2) is 37.5 Å². The molecule has 0 spiro atoms. The molecule has 2 bridgehead atoms. The molecule has 2 aliphatic carbocycles. The summed E-state index contributed by atoms with van der Waals surface area (Å²) in [5, 5.41) is 21.0. The molecule has 1 aromatic rings. The number of hydrogen-bond donors (Lipinski definition) is 3. The number of carbonyl (C=O) groups excluding carboxylic acids is 2. The van der Waals surface area contributed by atoms with Gasteiger partial charge in [-0.05, 0) is 48.8 Å². The molecule has 8 nitrogen and oxygen atoms in total. The first-order valence-electron chi connectivity index (χ1n) is 9.88. The third-order valence-electron chi connectivity index (χ3n) is 7.14. The maximum absolute atomic E-state index is 13.3. The minimum atomic E-state index is -4.10. The van der Waals surface area contributed by atoms with E-state index < -0.39 is 38.1 Å². The summed E-state index contributed by atoms with van der Waals surface area (Å²) in [6.07, 6.45) is 1.70. The van der Waals surface area contributed by atoms with Gasteiger partial charge in [-0.3, -0.25) is 9.59 Å². The number of hydrogen-bond acceptors (Lipinski definition) is 6. The van der Waals surface area contributed by atoms with Gasteiger partial charge in [-0.2, -0.15) is 9.98 Å². The molecule has 2 aliphatic rings. The van der Waals surface area contributed by atoms with Crippen LogP contribution in [0.1, 0.15) is 45.6 Å². The summed E-state index contributed by atoms with van der Waals surface area (Å²) in [7, 11) is -4.10. The lowest BCUT2D eigenvalue weighted by atomic mass is 9.70. The summed E-state index contributed by atoms with van der Waals surface area (Å²) in [6, 6.07) is 7.50. The molecule has 0 aliphatic heterocycles. The Morgan fingerprint density at radius 1 is 1.40 bits per heavy atom. The zero-order valence-corrected chi connectivity index (χ0v) is 18.2. The monoisotopic (exact) mass is 433 g/mol. The first kappa shape index (κ1) is 22.2. The molecule has 1 amide bonds. The van der Waals surface area contributed by atoms with Crippen LogP contribution in [0.25, 0.3) is 0 Å². The van der Waals surface area contributed by atoms with Crippen LogP contribution in [0.15, 0.2) is 24.3 Å². The molecule has 0 heterocycles. The highest BCUT2D eigenvalue weighted by Crippen LogP contribution is 2.64. The minimum absolute atomic E-state index is 0.0397. The van der Waals surface area contributed by atoms with Crippen LogP contribution in [-0.2, 0) is 25.2 Å². The third-order valence-corrected chi connectivity index (χ3v) is 8.73. The van der Waals surface area contributed by atoms with Gasteiger partial charge in [0.2, 0.25) is 15.9 Å². The number of carbonyl (C=O) groups is 2. The Morgan fingerprint density at radius 3 is 2.63 bits per heavy atom. The van der Waals surface area contributed by atoms with Gasteiger partial charge < -0.3 is 10.4 Å². The second kappa shape index (κ2) is 7.36. The third kappa shape index (κ3) is 3.48. The van der Waals surface area contributed by atoms with Gasteiger partial charge in [-0.1, -0.05) is 26.0 Å². The zero-order valence-electron chi connectivity index (χ0n) is 17.4. The van der Waals surface area contributed by atoms with Crippen molar-refractivity contribution in [1.29, 1.82) is 5.26 Å². The maximum Gasteiger partial charge on any atom is 0.246 e. The van der Waals surface area contributed by atoms with E-state index in [1.807, 2.05) is 13.8 Å². The number of Topliss-reactive ketones (excluding diaryl/α,β-unsaturated/α-hetero) is 1. The fourth-order valence-electron chi connectivity index (χ4n) is 5.13. The number of sulfonamides is 1. The van der Waals surface area contributed by atoms with E-state index in [1.165, 1.54) is 31.2 Å². The van der Waals surface area contributed by atoms with E-state index in [1.54, 1.807) is 6.07 Å². The van der Waals surface area contributed by atoms with Crippen molar-refractivity contribution < 1.29 is 23.1 Å². The largest absolute Gasteiger partial charge is 0.508 e. The fraction of sp³-hybridized carbons (Fsp3) is 0.571. The van der Waals surface area contributed by atoms with Gasteiger partial charge in [-0.15, -0.1) is 0 Å². The smallest absolute Gasteiger partial charge is 0.246 e. The first-order chi connectivity index (χ1) is 13.9. The Hall–Kier alpha value is -2.44. The van der Waals surface area contributed by atoms with Crippen molar-refractivity contribution in [1.82, 2.24) is 10.0 Å². The van der Waals surface area contributed by atoms with E-state index in [0.29, 0.717) is 12.8 Å². The van der Waals surface area contributed by atoms with E-state index in [9.17, 15) is 23.1 Å². The number of phenolic OH excluding ortho intramolecular Hbond substituents is 1. The van der Waals surface area contributed by atoms with E-state index in [-0.39, 0.29) is 29.6 Å². The number of nitriles is 1. The van der Waals surface area contributed by atoms with Gasteiger partial charge in [0.15, 0.2) is 0 Å². The molecule has 2 saturated carbocycles. The highest BCUT2D eigenvalue weighted by atomic mass is 32.2. The number of fused-ring (bicyclic) bond motifs is 2. The number of ketones is 1. The quantitative estimate of drug-likeness (QED) is 0.558. The van der Waals surface area contributed by atoms with E-state index in [4.69, 9.17) is 5.26 Å². The molecule has 2 fully saturated rings. The topological polar surface area (TPSA) is 136 Å². The normalized spacial score (nSPS) is 26.7. The number of aromatic hydroxyl groups is 1. The van der Waals surface area contributed by atoms with Crippen LogP contribution in [0.4, 0.5) is 0 Å². The average molecular weight is 434 g/mol. The molecule has 3 N–H and O–H groups in total. The van der Waals surface area contributed by atoms with E-state index >= 15 is 0 Å². The van der Waals surface area contributed by atoms with Gasteiger partial charge in [0.1, 0.15) is 23.6 Å². The Labute approximate surface area is 176 Å². The molecule has 1 aromatic carbocycles. The van der Waals surface area contributed by atoms with Crippen molar-refractivity contribution in [2.75, 3.05) is 12.3 Å². The summed E-state index contributed by atoms with van der Waals surface area (Å²) < 4.78 is 29.0. The number of phenols is 1. The van der Waals surface area contributed by atoms with Gasteiger partial charge in [0.05, 0.1) is 11.8 Å². The van der Waals surface area contributed by atoms with Crippen LogP contribution < -0.4 is 10.0 Å². The summed E-state index contributed by atoms with van der Waals surface area (Å²) in [5.74, 6) is -1.13. The summed E-state index contributed by atoms with van der Waals surface area (Å²) >= 11 is 0. The predicted molar refractivity (Wildman–Crippen MR) is 110 cm³/mol. The molecule has 0 aromatic heterocycles. The molecular weight excluding hydrogens is 406 g/mol. The number of rotatable bonds is 7. The summed E-state index contributed by atoms with van der Waals surface area (Å²) in [6.45, 7) is 4.97. The lowest BCUT2D eigenvalue weighted by Crippen LogP contribution is -2.56. The lowest BCUT2D eigenvalue weighted by Gasteiger charge is -2.37. The molecule has 3 rings (SSSR count). The number of nitrogens with one attached hydrogen (secondary N) is 2. The molecule has 9 heteroatoms. The van der Waals surface area contributed by atoms with Crippen LogP contribution in [0.5, 0.6) is 5.75 Å². The van der Waals surface area contributed by atoms with Crippen LogP contribution >= 0.6 is 0 Å². The average Bonchev–Trinajstić information content (AvgIpc) is 2.99. The van der Waals surface area contributed by atoms with Gasteiger partial charge >= 0.3 is 0 Å². The second-order valence-corrected chi connectivity index (χ2v) is 10.8. The van der Waals surface area contributed by atoms with Gasteiger partial charge in [-0.25, -0.2) is 8.42 Å². The molecule has 162 valence electrons. The highest BCUT2D eigenvalue weighted by molar-refractivity contribution is 7.89. The molecule has 30 heavy (non-hydrogen) atoms. The fourth-order valence-corrected chi connectivity index (χ4v) is 7.36. The summed E-state index contributed by atoms with van der Waals surface area (Å²) in [5.41, 5.74) is -2.97. The van der Waals surface area contributed by atoms with E-state index in [2.05, 4.69) is 10.0 Å². The second-order valence-electron chi connectivity index (χ2n) is 9.04. The van der Waals surface area contributed by atoms with Gasteiger partial charge in [0, 0.05) is 11.8 Å². The highest BCUT2D eigenvalue weighted by Gasteiger charge is 2.65. The van der Waals surface area contributed by atoms with Crippen molar-refractivity contribution >= 4 is 21.7 Å². The summed E-state index contributed by atoms with van der Waals surface area (Å²) in [4.78, 5) is 25.6. The molecular formula is C21H27N3O5S. The first-order valence-corrected chi connectivity index (χ1v) is 11.5. The number of benzene rings is 1. The molecule has 3 atom stereocenters. The Balaban J connectivity index is 1.97. The number of amides is 1. The lowest BCUT2D eigenvalue weighted by molar-refractivity contribution is -0.128. The van der Waals surface area contributed by atoms with Crippen molar-refractivity contribution in [2.45, 2.75) is 45.6 Å². The van der Waals surface area contributed by atoms with Crippen LogP contribution in [0, 0.1) is 28.1 Å². The van der Waals surface area contributed by atoms with Crippen molar-refractivity contribution in [3.63, 3.8) is 0 Å². The van der Waals surface area contributed by atoms with Crippen molar-refractivity contribution in [2.24, 2.45) is 16.7 Å². The Morgan fingerprint density at radius 2 is 2.10 bits per heavy atom. The SMILES string of the molecule is CC(NS(=O)(=O)CC12CCC(CC1=O)C2(C)C)(C(=O)NCC#N)c1cccc(O)c1. The molecule has 0 saturated heterocycles. The zero-order chi connectivity index (χ0) is 22.4. The van der Waals surface area contributed by atoms with Gasteiger partial charge in [0.25, 0.3) is 0 Å². The predicted octanol–water partition coefficient (Wildman–Crippen LogP) is 1.56. The van der Waals surface area contributed by atoms with E-state index in [0.717, 1.165) is 6.42 Å². The maximum atomic E-state index is 13.3. The molecule has 0 radical (unpaired) electrons. The standard InChI is InChI=1S/C21H27N3O5S/c1-19(2)14-7-8-21(19,17(26)12-14)13-30(28,29)24-20(3,18(27)23-10-9-22)15-5-4-6-16(25)11-15/h4-6,11,14,24-25H,7-8,10,12-13H2,1-3H3,(H,23,27). The minimum Gasteiger partial charge on any atom is -0.508 e. The Kier molecular flexibility index (Phi) is 5.46. The van der Waals surface area contributed by atoms with Crippen molar-refractivity contribution in [3.05, 3.63) is 29.8 Å².